The average molecular weight is 173 g/mol. The molecule has 0 saturated carbocycles. The molecule has 1 unspecified atom stereocenters. The van der Waals surface area contributed by atoms with Crippen LogP contribution in [0.3, 0.4) is 0 Å². The molecule has 0 rings (SSSR count). The summed E-state index contributed by atoms with van der Waals surface area (Å²) in [7, 11) is 0. The van der Waals surface area contributed by atoms with E-state index in [1.807, 2.05) is 6.92 Å². The summed E-state index contributed by atoms with van der Waals surface area (Å²) in [6.07, 6.45) is 1.75. The van der Waals surface area contributed by atoms with Gasteiger partial charge in [0.2, 0.25) is 5.91 Å². The van der Waals surface area contributed by atoms with Gasteiger partial charge in [-0.2, -0.15) is 0 Å². The van der Waals surface area contributed by atoms with Crippen LogP contribution in [0.2, 0.25) is 0 Å². The van der Waals surface area contributed by atoms with Crippen molar-refractivity contribution in [2.45, 2.75) is 19.8 Å². The molecular formula is C8H19N3O. The Bertz CT molecular complexity index is 127. The Morgan fingerprint density at radius 3 is 2.58 bits per heavy atom. The molecule has 5 N–H and O–H groups in total. The van der Waals surface area contributed by atoms with Gasteiger partial charge >= 0.3 is 0 Å². The molecule has 0 aromatic rings. The first-order valence-electron chi connectivity index (χ1n) is 4.40. The summed E-state index contributed by atoms with van der Waals surface area (Å²) in [6.45, 7) is 3.61. The van der Waals surface area contributed by atoms with E-state index in [9.17, 15) is 4.79 Å². The van der Waals surface area contributed by atoms with Crippen LogP contribution >= 0.6 is 0 Å². The van der Waals surface area contributed by atoms with Crippen LogP contribution in [-0.2, 0) is 4.79 Å². The quantitative estimate of drug-likeness (QED) is 0.503. The summed E-state index contributed by atoms with van der Waals surface area (Å²) >= 11 is 0. The van der Waals surface area contributed by atoms with Crippen LogP contribution in [0.5, 0.6) is 0 Å². The second kappa shape index (κ2) is 7.06. The van der Waals surface area contributed by atoms with Gasteiger partial charge < -0.3 is 16.8 Å². The van der Waals surface area contributed by atoms with E-state index in [0.717, 1.165) is 12.8 Å². The number of rotatable bonds is 6. The third kappa shape index (κ3) is 5.09. The van der Waals surface area contributed by atoms with E-state index < -0.39 is 0 Å². The first-order valence-corrected chi connectivity index (χ1v) is 4.40. The zero-order chi connectivity index (χ0) is 9.40. The monoisotopic (exact) mass is 173 g/mol. The lowest BCUT2D eigenvalue weighted by Gasteiger charge is -2.10. The van der Waals surface area contributed by atoms with Gasteiger partial charge in [0.15, 0.2) is 0 Å². The highest BCUT2D eigenvalue weighted by Crippen LogP contribution is 2.03. The third-order valence-corrected chi connectivity index (χ3v) is 1.73. The first-order chi connectivity index (χ1) is 5.72. The maximum atomic E-state index is 11.2. The Kier molecular flexibility index (Phi) is 6.70. The number of carbonyl (C=O) groups is 1. The van der Waals surface area contributed by atoms with E-state index in [0.29, 0.717) is 19.6 Å². The van der Waals surface area contributed by atoms with Crippen LogP contribution in [0, 0.1) is 5.92 Å². The van der Waals surface area contributed by atoms with Crippen LogP contribution in [0.25, 0.3) is 0 Å². The Morgan fingerprint density at radius 1 is 1.42 bits per heavy atom. The molecule has 0 bridgehead atoms. The zero-order valence-corrected chi connectivity index (χ0v) is 7.68. The van der Waals surface area contributed by atoms with Crippen molar-refractivity contribution in [3.63, 3.8) is 0 Å². The van der Waals surface area contributed by atoms with Crippen molar-refractivity contribution in [3.8, 4) is 0 Å². The molecule has 1 atom stereocenters. The molecule has 0 aliphatic carbocycles. The second-order valence-corrected chi connectivity index (χ2v) is 2.91. The molecule has 0 heterocycles. The van der Waals surface area contributed by atoms with Gasteiger partial charge in [-0.05, 0) is 19.4 Å². The van der Waals surface area contributed by atoms with Crippen molar-refractivity contribution in [1.29, 1.82) is 0 Å². The van der Waals surface area contributed by atoms with E-state index >= 15 is 0 Å². The molecule has 4 nitrogen and oxygen atoms in total. The number of nitrogens with one attached hydrogen (secondary N) is 1. The number of amides is 1. The molecule has 0 spiro atoms. The normalized spacial score (nSPS) is 12.6. The molecular weight excluding hydrogens is 154 g/mol. The Morgan fingerprint density at radius 2 is 2.08 bits per heavy atom. The fraction of sp³-hybridized carbons (Fsp3) is 0.875. The summed E-state index contributed by atoms with van der Waals surface area (Å²) in [5, 5.41) is 2.74. The molecule has 12 heavy (non-hydrogen) atoms. The number of carbonyl (C=O) groups excluding carboxylic acids is 1. The first kappa shape index (κ1) is 11.4. The van der Waals surface area contributed by atoms with E-state index in [-0.39, 0.29) is 11.8 Å². The van der Waals surface area contributed by atoms with E-state index in [1.54, 1.807) is 0 Å². The standard InChI is InChI=1S/C8H19N3O/c1-7(3-2-4-9)8(12)11-6-5-10/h7H,2-6,9-10H2,1H3,(H,11,12). The van der Waals surface area contributed by atoms with Gasteiger partial charge in [-0.1, -0.05) is 6.92 Å². The smallest absolute Gasteiger partial charge is 0.222 e. The van der Waals surface area contributed by atoms with Crippen molar-refractivity contribution in [2.24, 2.45) is 17.4 Å². The molecule has 0 aliphatic rings. The molecule has 0 radical (unpaired) electrons. The Balaban J connectivity index is 3.47. The minimum atomic E-state index is 0.0556. The van der Waals surface area contributed by atoms with Gasteiger partial charge in [0.05, 0.1) is 0 Å². The van der Waals surface area contributed by atoms with E-state index in [2.05, 4.69) is 5.32 Å². The Hall–Kier alpha value is -0.610. The molecule has 72 valence electrons. The van der Waals surface area contributed by atoms with Crippen LogP contribution in [-0.4, -0.2) is 25.5 Å². The summed E-state index contributed by atoms with van der Waals surface area (Å²) in [6, 6.07) is 0. The minimum Gasteiger partial charge on any atom is -0.355 e. The van der Waals surface area contributed by atoms with Gasteiger partial charge in [-0.3, -0.25) is 4.79 Å². The van der Waals surface area contributed by atoms with Crippen LogP contribution in [0.15, 0.2) is 0 Å². The molecule has 0 fully saturated rings. The van der Waals surface area contributed by atoms with Crippen LogP contribution < -0.4 is 16.8 Å². The lowest BCUT2D eigenvalue weighted by molar-refractivity contribution is -0.124. The Labute approximate surface area is 73.7 Å². The van der Waals surface area contributed by atoms with E-state index in [4.69, 9.17) is 11.5 Å². The third-order valence-electron chi connectivity index (χ3n) is 1.73. The fourth-order valence-electron chi connectivity index (χ4n) is 0.925. The second-order valence-electron chi connectivity index (χ2n) is 2.91. The highest BCUT2D eigenvalue weighted by molar-refractivity contribution is 5.78. The lowest BCUT2D eigenvalue weighted by Crippen LogP contribution is -2.33. The SMILES string of the molecule is CC(CCCN)C(=O)NCCN. The lowest BCUT2D eigenvalue weighted by atomic mass is 10.1. The molecule has 4 heteroatoms. The molecule has 0 aromatic heterocycles. The zero-order valence-electron chi connectivity index (χ0n) is 7.68. The number of nitrogens with two attached hydrogens (primary N) is 2. The van der Waals surface area contributed by atoms with Gasteiger partial charge in [0.25, 0.3) is 0 Å². The van der Waals surface area contributed by atoms with Crippen molar-refractivity contribution in [3.05, 3.63) is 0 Å². The van der Waals surface area contributed by atoms with Gasteiger partial charge in [-0.15, -0.1) is 0 Å². The van der Waals surface area contributed by atoms with Gasteiger partial charge in [0.1, 0.15) is 0 Å². The predicted octanol–water partition coefficient (Wildman–Crippen LogP) is -0.564. The fourth-order valence-corrected chi connectivity index (χ4v) is 0.925. The minimum absolute atomic E-state index is 0.0556. The van der Waals surface area contributed by atoms with Crippen LogP contribution in [0.1, 0.15) is 19.8 Å². The summed E-state index contributed by atoms with van der Waals surface area (Å²) in [4.78, 5) is 11.2. The summed E-state index contributed by atoms with van der Waals surface area (Å²) in [5.74, 6) is 0.133. The molecule has 0 aromatic carbocycles. The van der Waals surface area contributed by atoms with Crippen LogP contribution in [0.4, 0.5) is 0 Å². The average Bonchev–Trinajstić information content (AvgIpc) is 2.10. The molecule has 0 saturated heterocycles. The molecule has 0 aliphatic heterocycles. The summed E-state index contributed by atoms with van der Waals surface area (Å²) in [5.41, 5.74) is 10.6. The summed E-state index contributed by atoms with van der Waals surface area (Å²) < 4.78 is 0. The predicted molar refractivity (Wildman–Crippen MR) is 49.5 cm³/mol. The topological polar surface area (TPSA) is 81.1 Å². The largest absolute Gasteiger partial charge is 0.355 e. The highest BCUT2D eigenvalue weighted by Gasteiger charge is 2.10. The molecule has 1 amide bonds. The number of hydrogen-bond acceptors (Lipinski definition) is 3. The number of hydrogen-bond donors (Lipinski definition) is 3. The van der Waals surface area contributed by atoms with Gasteiger partial charge in [0, 0.05) is 19.0 Å². The maximum absolute atomic E-state index is 11.2. The van der Waals surface area contributed by atoms with Crippen molar-refractivity contribution in [1.82, 2.24) is 5.32 Å². The maximum Gasteiger partial charge on any atom is 0.222 e. The highest BCUT2D eigenvalue weighted by atomic mass is 16.1. The van der Waals surface area contributed by atoms with Crippen molar-refractivity contribution < 1.29 is 4.79 Å². The van der Waals surface area contributed by atoms with Crippen molar-refractivity contribution >= 4 is 5.91 Å². The van der Waals surface area contributed by atoms with Crippen molar-refractivity contribution in [2.75, 3.05) is 19.6 Å². The van der Waals surface area contributed by atoms with Gasteiger partial charge in [-0.25, -0.2) is 0 Å². The van der Waals surface area contributed by atoms with E-state index in [1.165, 1.54) is 0 Å².